The Bertz CT molecular complexity index is 703. The minimum Gasteiger partial charge on any atom is -0.396 e. The van der Waals surface area contributed by atoms with Crippen LogP contribution in [0.4, 0.5) is 0 Å². The van der Waals surface area contributed by atoms with Gasteiger partial charge in [-0.3, -0.25) is 4.99 Å². The van der Waals surface area contributed by atoms with Crippen LogP contribution in [-0.4, -0.2) is 37.3 Å². The van der Waals surface area contributed by atoms with E-state index >= 15 is 0 Å². The maximum absolute atomic E-state index is 9.67. The first kappa shape index (κ1) is 18.0. The van der Waals surface area contributed by atoms with Gasteiger partial charge >= 0.3 is 0 Å². The average molecular weight is 402 g/mol. The summed E-state index contributed by atoms with van der Waals surface area (Å²) in [4.78, 5) is 4.32. The highest BCUT2D eigenvalue weighted by Gasteiger charge is 2.38. The van der Waals surface area contributed by atoms with Crippen molar-refractivity contribution >= 4 is 21.9 Å². The normalized spacial score (nSPS) is 20.8. The predicted octanol–water partition coefficient (Wildman–Crippen LogP) is 3.25. The van der Waals surface area contributed by atoms with Crippen LogP contribution in [0.2, 0.25) is 0 Å². The first-order valence-electron chi connectivity index (χ1n) is 8.59. The second kappa shape index (κ2) is 8.50. The number of halogens is 1. The van der Waals surface area contributed by atoms with Gasteiger partial charge in [-0.25, -0.2) is 0 Å². The zero-order valence-electron chi connectivity index (χ0n) is 14.3. The Hall–Kier alpha value is -1.85. The predicted molar refractivity (Wildman–Crippen MR) is 106 cm³/mol. The van der Waals surface area contributed by atoms with Crippen molar-refractivity contribution < 1.29 is 5.11 Å². The summed E-state index contributed by atoms with van der Waals surface area (Å²) in [6, 6.07) is 19.0. The van der Waals surface area contributed by atoms with Crippen molar-refractivity contribution in [3.05, 3.63) is 70.2 Å². The molecule has 132 valence electrons. The molecule has 3 atom stereocenters. The van der Waals surface area contributed by atoms with E-state index in [2.05, 4.69) is 55.8 Å². The number of nitrogens with zero attached hydrogens (tertiary/aromatic N) is 1. The van der Waals surface area contributed by atoms with Gasteiger partial charge in [-0.2, -0.15) is 0 Å². The van der Waals surface area contributed by atoms with Crippen LogP contribution in [0.25, 0.3) is 0 Å². The third-order valence-corrected chi connectivity index (χ3v) is 5.17. The number of aliphatic imine (C=N–C) groups is 1. The van der Waals surface area contributed by atoms with Gasteiger partial charge in [0.15, 0.2) is 5.96 Å². The third kappa shape index (κ3) is 4.83. The number of aliphatic hydroxyl groups is 1. The van der Waals surface area contributed by atoms with Gasteiger partial charge in [0, 0.05) is 35.9 Å². The summed E-state index contributed by atoms with van der Waals surface area (Å²) in [6.07, 6.45) is 1.12. The molecule has 0 spiro atoms. The fourth-order valence-electron chi connectivity index (χ4n) is 3.04. The summed E-state index contributed by atoms with van der Waals surface area (Å²) in [6.45, 7) is 0.759. The molecule has 1 saturated carbocycles. The zero-order valence-corrected chi connectivity index (χ0v) is 15.9. The van der Waals surface area contributed by atoms with E-state index in [1.54, 1.807) is 7.05 Å². The zero-order chi connectivity index (χ0) is 17.6. The van der Waals surface area contributed by atoms with Gasteiger partial charge in [0.25, 0.3) is 0 Å². The maximum Gasteiger partial charge on any atom is 0.191 e. The van der Waals surface area contributed by atoms with Gasteiger partial charge < -0.3 is 15.7 Å². The first-order valence-corrected chi connectivity index (χ1v) is 9.39. The summed E-state index contributed by atoms with van der Waals surface area (Å²) < 4.78 is 1.11. The Morgan fingerprint density at radius 2 is 1.92 bits per heavy atom. The molecule has 0 aromatic heterocycles. The average Bonchev–Trinajstić information content (AvgIpc) is 3.42. The Morgan fingerprint density at radius 1 is 1.20 bits per heavy atom. The van der Waals surface area contributed by atoms with Crippen LogP contribution in [0, 0.1) is 0 Å². The van der Waals surface area contributed by atoms with Crippen molar-refractivity contribution in [2.75, 3.05) is 20.2 Å². The summed E-state index contributed by atoms with van der Waals surface area (Å²) in [7, 11) is 1.78. The van der Waals surface area contributed by atoms with E-state index in [9.17, 15) is 5.11 Å². The van der Waals surface area contributed by atoms with Crippen molar-refractivity contribution in [1.82, 2.24) is 10.6 Å². The van der Waals surface area contributed by atoms with E-state index < -0.39 is 0 Å². The molecule has 3 N–H and O–H groups in total. The number of nitrogens with one attached hydrogen (secondary N) is 2. The van der Waals surface area contributed by atoms with Gasteiger partial charge in [0.1, 0.15) is 0 Å². The Balaban J connectivity index is 1.51. The first-order chi connectivity index (χ1) is 12.2. The molecule has 2 aromatic rings. The molecule has 5 heteroatoms. The van der Waals surface area contributed by atoms with Gasteiger partial charge in [0.2, 0.25) is 0 Å². The van der Waals surface area contributed by atoms with Crippen molar-refractivity contribution in [2.24, 2.45) is 4.99 Å². The lowest BCUT2D eigenvalue weighted by Gasteiger charge is -2.18. The van der Waals surface area contributed by atoms with E-state index in [-0.39, 0.29) is 12.5 Å². The number of benzene rings is 2. The van der Waals surface area contributed by atoms with Crippen LogP contribution in [-0.2, 0) is 0 Å². The molecular weight excluding hydrogens is 378 g/mol. The lowest BCUT2D eigenvalue weighted by atomic mass is 10.0. The Kier molecular flexibility index (Phi) is 6.10. The molecule has 1 fully saturated rings. The Labute approximate surface area is 157 Å². The van der Waals surface area contributed by atoms with E-state index in [4.69, 9.17) is 0 Å². The molecule has 0 aliphatic heterocycles. The lowest BCUT2D eigenvalue weighted by Crippen LogP contribution is -2.41. The largest absolute Gasteiger partial charge is 0.396 e. The quantitative estimate of drug-likeness (QED) is 0.514. The second-order valence-corrected chi connectivity index (χ2v) is 7.30. The van der Waals surface area contributed by atoms with Gasteiger partial charge in [-0.1, -0.05) is 58.4 Å². The topological polar surface area (TPSA) is 56.7 Å². The second-order valence-electron chi connectivity index (χ2n) is 6.39. The minimum absolute atomic E-state index is 0.0567. The SMILES string of the molecule is CN=C(NCC(CO)c1ccccc1)NC1CC1c1ccc(Br)cc1. The molecule has 4 nitrogen and oxygen atoms in total. The number of guanidine groups is 1. The highest BCUT2D eigenvalue weighted by molar-refractivity contribution is 9.10. The fourth-order valence-corrected chi connectivity index (χ4v) is 3.30. The molecule has 1 aliphatic carbocycles. The van der Waals surface area contributed by atoms with Crippen LogP contribution < -0.4 is 10.6 Å². The van der Waals surface area contributed by atoms with Crippen LogP contribution in [0.5, 0.6) is 0 Å². The molecule has 25 heavy (non-hydrogen) atoms. The van der Waals surface area contributed by atoms with E-state index in [0.717, 1.165) is 22.4 Å². The van der Waals surface area contributed by atoms with Crippen LogP contribution in [0.3, 0.4) is 0 Å². The number of aliphatic hydroxyl groups excluding tert-OH is 1. The summed E-state index contributed by atoms with van der Waals surface area (Å²) in [5.41, 5.74) is 2.49. The van der Waals surface area contributed by atoms with Crippen molar-refractivity contribution in [1.29, 1.82) is 0 Å². The molecule has 0 saturated heterocycles. The summed E-state index contributed by atoms with van der Waals surface area (Å²) >= 11 is 3.48. The highest BCUT2D eigenvalue weighted by Crippen LogP contribution is 2.40. The molecule has 3 unspecified atom stereocenters. The van der Waals surface area contributed by atoms with Crippen LogP contribution >= 0.6 is 15.9 Å². The molecule has 0 bridgehead atoms. The standard InChI is InChI=1S/C20H24BrN3O/c1-22-20(23-12-16(13-25)14-5-3-2-4-6-14)24-19-11-18(19)15-7-9-17(21)10-8-15/h2-10,16,18-19,25H,11-13H2,1H3,(H2,22,23,24). The van der Waals surface area contributed by atoms with Gasteiger partial charge in [-0.05, 0) is 29.7 Å². The molecule has 3 rings (SSSR count). The Morgan fingerprint density at radius 3 is 2.56 bits per heavy atom. The van der Waals surface area contributed by atoms with E-state index in [0.29, 0.717) is 18.5 Å². The summed E-state index contributed by atoms with van der Waals surface area (Å²) in [5.74, 6) is 1.38. The number of rotatable bonds is 6. The molecule has 0 heterocycles. The number of hydrogen-bond donors (Lipinski definition) is 3. The monoisotopic (exact) mass is 401 g/mol. The molecular formula is C20H24BrN3O. The minimum atomic E-state index is 0.0567. The smallest absolute Gasteiger partial charge is 0.191 e. The highest BCUT2D eigenvalue weighted by atomic mass is 79.9. The van der Waals surface area contributed by atoms with Crippen LogP contribution in [0.1, 0.15) is 29.4 Å². The lowest BCUT2D eigenvalue weighted by molar-refractivity contribution is 0.265. The van der Waals surface area contributed by atoms with Crippen molar-refractivity contribution in [2.45, 2.75) is 24.3 Å². The van der Waals surface area contributed by atoms with Crippen molar-refractivity contribution in [3.8, 4) is 0 Å². The van der Waals surface area contributed by atoms with Crippen LogP contribution in [0.15, 0.2) is 64.1 Å². The molecule has 1 aliphatic rings. The van der Waals surface area contributed by atoms with Gasteiger partial charge in [0.05, 0.1) is 6.61 Å². The fraction of sp³-hybridized carbons (Fsp3) is 0.350. The molecule has 2 aromatic carbocycles. The number of hydrogen-bond acceptors (Lipinski definition) is 2. The maximum atomic E-state index is 9.67. The van der Waals surface area contributed by atoms with E-state index in [1.807, 2.05) is 30.3 Å². The third-order valence-electron chi connectivity index (χ3n) is 4.64. The van der Waals surface area contributed by atoms with Gasteiger partial charge in [-0.15, -0.1) is 0 Å². The van der Waals surface area contributed by atoms with E-state index in [1.165, 1.54) is 5.56 Å². The summed E-state index contributed by atoms with van der Waals surface area (Å²) in [5, 5.41) is 16.5. The molecule has 0 amide bonds. The molecule has 0 radical (unpaired) electrons. The van der Waals surface area contributed by atoms with Crippen molar-refractivity contribution in [3.63, 3.8) is 0 Å².